The zero-order valence-electron chi connectivity index (χ0n) is 7.42. The van der Waals surface area contributed by atoms with Gasteiger partial charge in [-0.05, 0) is 42.6 Å². The van der Waals surface area contributed by atoms with E-state index in [9.17, 15) is 0 Å². The van der Waals surface area contributed by atoms with Gasteiger partial charge in [0, 0.05) is 23.9 Å². The predicted octanol–water partition coefficient (Wildman–Crippen LogP) is 3.10. The predicted molar refractivity (Wildman–Crippen MR) is 52.3 cm³/mol. The molecule has 1 saturated carbocycles. The fraction of sp³-hybridized carbons (Fsp3) is 0.667. The highest BCUT2D eigenvalue weighted by Gasteiger charge is 2.28. The Morgan fingerprint density at radius 1 is 1.58 bits per heavy atom. The summed E-state index contributed by atoms with van der Waals surface area (Å²) >= 11 is 3.47. The Kier molecular flexibility index (Phi) is 1.99. The summed E-state index contributed by atoms with van der Waals surface area (Å²) in [5, 5.41) is 0. The molecular formula is C9H13BrN2. The standard InChI is InChI=1S/C9H13BrN2/c1-6(2)12-8(7-3-4-7)5-11-9(12)10/h5-7H,3-4H2,1-2H3. The molecule has 0 N–H and O–H groups in total. The van der Waals surface area contributed by atoms with E-state index in [0.29, 0.717) is 6.04 Å². The fourth-order valence-corrected chi connectivity index (χ4v) is 2.26. The van der Waals surface area contributed by atoms with Crippen LogP contribution in [0.15, 0.2) is 10.9 Å². The third-order valence-electron chi connectivity index (χ3n) is 2.29. The minimum Gasteiger partial charge on any atom is -0.320 e. The van der Waals surface area contributed by atoms with Crippen molar-refractivity contribution in [2.75, 3.05) is 0 Å². The molecule has 2 rings (SSSR count). The minimum atomic E-state index is 0.512. The summed E-state index contributed by atoms with van der Waals surface area (Å²) in [6.07, 6.45) is 4.68. The lowest BCUT2D eigenvalue weighted by Crippen LogP contribution is -2.04. The Morgan fingerprint density at radius 3 is 2.75 bits per heavy atom. The van der Waals surface area contributed by atoms with Gasteiger partial charge in [-0.2, -0.15) is 0 Å². The van der Waals surface area contributed by atoms with Crippen molar-refractivity contribution in [2.45, 2.75) is 38.6 Å². The van der Waals surface area contributed by atoms with Gasteiger partial charge in [0.1, 0.15) is 0 Å². The molecule has 1 aromatic rings. The van der Waals surface area contributed by atoms with Gasteiger partial charge in [0.25, 0.3) is 0 Å². The second kappa shape index (κ2) is 2.87. The first kappa shape index (κ1) is 8.30. The van der Waals surface area contributed by atoms with Crippen LogP contribution in [0, 0.1) is 0 Å². The smallest absolute Gasteiger partial charge is 0.177 e. The number of rotatable bonds is 2. The van der Waals surface area contributed by atoms with Crippen LogP contribution in [0.5, 0.6) is 0 Å². The molecule has 0 spiro atoms. The van der Waals surface area contributed by atoms with E-state index >= 15 is 0 Å². The van der Waals surface area contributed by atoms with Crippen LogP contribution in [0.2, 0.25) is 0 Å². The summed E-state index contributed by atoms with van der Waals surface area (Å²) in [6.45, 7) is 4.39. The number of hydrogen-bond donors (Lipinski definition) is 0. The van der Waals surface area contributed by atoms with Gasteiger partial charge in [0.05, 0.1) is 0 Å². The van der Waals surface area contributed by atoms with Crippen LogP contribution in [0.4, 0.5) is 0 Å². The monoisotopic (exact) mass is 228 g/mol. The second-order valence-corrected chi connectivity index (χ2v) is 4.40. The van der Waals surface area contributed by atoms with Crippen molar-refractivity contribution in [1.82, 2.24) is 9.55 Å². The molecule has 0 atom stereocenters. The zero-order valence-corrected chi connectivity index (χ0v) is 9.00. The first-order valence-corrected chi connectivity index (χ1v) is 5.22. The van der Waals surface area contributed by atoms with Crippen LogP contribution in [-0.4, -0.2) is 9.55 Å². The highest BCUT2D eigenvalue weighted by atomic mass is 79.9. The average molecular weight is 229 g/mol. The molecule has 0 saturated heterocycles. The number of hydrogen-bond acceptors (Lipinski definition) is 1. The van der Waals surface area contributed by atoms with Gasteiger partial charge in [-0.1, -0.05) is 0 Å². The molecule has 1 aromatic heterocycles. The maximum atomic E-state index is 4.28. The highest BCUT2D eigenvalue weighted by Crippen LogP contribution is 2.41. The quantitative estimate of drug-likeness (QED) is 0.761. The molecule has 2 nitrogen and oxygen atoms in total. The number of aromatic nitrogens is 2. The Bertz CT molecular complexity index is 287. The van der Waals surface area contributed by atoms with Crippen molar-refractivity contribution < 1.29 is 0 Å². The summed E-state index contributed by atoms with van der Waals surface area (Å²) in [4.78, 5) is 4.28. The van der Waals surface area contributed by atoms with Crippen molar-refractivity contribution in [3.63, 3.8) is 0 Å². The van der Waals surface area contributed by atoms with Gasteiger partial charge in [0.2, 0.25) is 0 Å². The summed E-state index contributed by atoms with van der Waals surface area (Å²) in [5.74, 6) is 0.784. The largest absolute Gasteiger partial charge is 0.320 e. The van der Waals surface area contributed by atoms with E-state index in [1.165, 1.54) is 18.5 Å². The summed E-state index contributed by atoms with van der Waals surface area (Å²) < 4.78 is 3.25. The average Bonchev–Trinajstić information content (AvgIpc) is 2.75. The molecule has 12 heavy (non-hydrogen) atoms. The van der Waals surface area contributed by atoms with E-state index in [-0.39, 0.29) is 0 Å². The third-order valence-corrected chi connectivity index (χ3v) is 2.88. The molecule has 1 aliphatic carbocycles. The molecule has 0 aromatic carbocycles. The molecule has 0 amide bonds. The maximum absolute atomic E-state index is 4.28. The lowest BCUT2D eigenvalue weighted by atomic mass is 10.3. The van der Waals surface area contributed by atoms with Crippen LogP contribution in [0.1, 0.15) is 44.3 Å². The van der Waals surface area contributed by atoms with Crippen LogP contribution in [-0.2, 0) is 0 Å². The summed E-state index contributed by atoms with van der Waals surface area (Å²) in [6, 6.07) is 0.512. The van der Waals surface area contributed by atoms with Crippen molar-refractivity contribution >= 4 is 15.9 Å². The molecule has 66 valence electrons. The number of nitrogens with zero attached hydrogens (tertiary/aromatic N) is 2. The molecule has 1 heterocycles. The molecular weight excluding hydrogens is 216 g/mol. The molecule has 0 unspecified atom stereocenters. The first-order valence-electron chi connectivity index (χ1n) is 4.42. The lowest BCUT2D eigenvalue weighted by Gasteiger charge is -2.12. The molecule has 0 radical (unpaired) electrons. The first-order chi connectivity index (χ1) is 5.70. The van der Waals surface area contributed by atoms with Crippen molar-refractivity contribution in [1.29, 1.82) is 0 Å². The molecule has 3 heteroatoms. The van der Waals surface area contributed by atoms with Crippen molar-refractivity contribution in [2.24, 2.45) is 0 Å². The Morgan fingerprint density at radius 2 is 2.25 bits per heavy atom. The molecule has 0 aliphatic heterocycles. The number of halogens is 1. The summed E-state index contributed by atoms with van der Waals surface area (Å²) in [7, 11) is 0. The van der Waals surface area contributed by atoms with Gasteiger partial charge in [0.15, 0.2) is 4.73 Å². The van der Waals surface area contributed by atoms with Gasteiger partial charge < -0.3 is 4.57 Å². The zero-order chi connectivity index (χ0) is 8.72. The summed E-state index contributed by atoms with van der Waals surface area (Å²) in [5.41, 5.74) is 1.40. The van der Waals surface area contributed by atoms with Crippen LogP contribution in [0.25, 0.3) is 0 Å². The number of imidazole rings is 1. The second-order valence-electron chi connectivity index (χ2n) is 3.69. The minimum absolute atomic E-state index is 0.512. The topological polar surface area (TPSA) is 17.8 Å². The highest BCUT2D eigenvalue weighted by molar-refractivity contribution is 9.10. The maximum Gasteiger partial charge on any atom is 0.177 e. The van der Waals surface area contributed by atoms with Crippen molar-refractivity contribution in [3.8, 4) is 0 Å². The van der Waals surface area contributed by atoms with Gasteiger partial charge >= 0.3 is 0 Å². The van der Waals surface area contributed by atoms with Crippen molar-refractivity contribution in [3.05, 3.63) is 16.6 Å². The Balaban J connectivity index is 2.39. The molecule has 0 bridgehead atoms. The third kappa shape index (κ3) is 1.30. The lowest BCUT2D eigenvalue weighted by molar-refractivity contribution is 0.562. The van der Waals surface area contributed by atoms with Crippen LogP contribution >= 0.6 is 15.9 Å². The van der Waals surface area contributed by atoms with Crippen LogP contribution < -0.4 is 0 Å². The Hall–Kier alpha value is -0.310. The fourth-order valence-electron chi connectivity index (χ4n) is 1.54. The van der Waals surface area contributed by atoms with E-state index in [2.05, 4.69) is 39.3 Å². The molecule has 1 aliphatic rings. The normalized spacial score (nSPS) is 17.3. The molecule has 1 fully saturated rings. The Labute approximate surface area is 81.1 Å². The van der Waals surface area contributed by atoms with E-state index in [4.69, 9.17) is 0 Å². The van der Waals surface area contributed by atoms with E-state index in [0.717, 1.165) is 10.7 Å². The van der Waals surface area contributed by atoms with E-state index in [1.54, 1.807) is 0 Å². The van der Waals surface area contributed by atoms with Crippen LogP contribution in [0.3, 0.4) is 0 Å². The van der Waals surface area contributed by atoms with Gasteiger partial charge in [-0.15, -0.1) is 0 Å². The SMILES string of the molecule is CC(C)n1c(C2CC2)cnc1Br. The van der Waals surface area contributed by atoms with Gasteiger partial charge in [-0.3, -0.25) is 0 Å². The van der Waals surface area contributed by atoms with Gasteiger partial charge in [-0.25, -0.2) is 4.98 Å². The van der Waals surface area contributed by atoms with E-state index < -0.39 is 0 Å². The van der Waals surface area contributed by atoms with E-state index in [1.807, 2.05) is 6.20 Å².